The largest absolute Gasteiger partial charge is 0.494 e. The fourth-order valence-corrected chi connectivity index (χ4v) is 10.7. The highest BCUT2D eigenvalue weighted by molar-refractivity contribution is 6.34. The molecule has 3 aliphatic heterocycles. The van der Waals surface area contributed by atoms with Gasteiger partial charge in [-0.15, -0.1) is 0 Å². The molecule has 0 spiro atoms. The van der Waals surface area contributed by atoms with E-state index in [1.54, 1.807) is 4.68 Å². The molecule has 3 atom stereocenters. The van der Waals surface area contributed by atoms with E-state index in [1.807, 2.05) is 67.4 Å². The Kier molecular flexibility index (Phi) is 12.0. The van der Waals surface area contributed by atoms with Gasteiger partial charge < -0.3 is 30.2 Å². The van der Waals surface area contributed by atoms with Gasteiger partial charge in [0.25, 0.3) is 0 Å². The third-order valence-electron chi connectivity index (χ3n) is 14.0. The molecule has 4 heterocycles. The van der Waals surface area contributed by atoms with Crippen LogP contribution >= 0.6 is 11.6 Å². The molecule has 65 heavy (non-hydrogen) atoms. The molecule has 4 amide bonds. The highest BCUT2D eigenvalue weighted by atomic mass is 35.5. The van der Waals surface area contributed by atoms with Crippen LogP contribution in [0.1, 0.15) is 97.3 Å². The average molecular weight is 909 g/mol. The highest BCUT2D eigenvalue weighted by Gasteiger charge is 2.50. The molecular weight excluding hydrogens is 858 g/mol. The van der Waals surface area contributed by atoms with E-state index >= 15 is 8.78 Å². The van der Waals surface area contributed by atoms with Crippen molar-refractivity contribution in [1.82, 2.24) is 25.3 Å². The average Bonchev–Trinajstić information content (AvgIpc) is 3.79. The fourth-order valence-electron chi connectivity index (χ4n) is 10.5. The van der Waals surface area contributed by atoms with Gasteiger partial charge in [-0.05, 0) is 55.9 Å². The summed E-state index contributed by atoms with van der Waals surface area (Å²) in [5, 5.41) is 11.3. The zero-order valence-corrected chi connectivity index (χ0v) is 37.2. The molecule has 16 heteroatoms. The summed E-state index contributed by atoms with van der Waals surface area (Å²) in [4.78, 5) is 53.0. The van der Waals surface area contributed by atoms with E-state index in [-0.39, 0.29) is 75.4 Å². The number of ether oxygens (including phenoxy) is 3. The highest BCUT2D eigenvalue weighted by Crippen LogP contribution is 2.56. The fraction of sp³-hybridized carbons (Fsp3) is 0.408. The Morgan fingerprint density at radius 1 is 0.969 bits per heavy atom. The van der Waals surface area contributed by atoms with Crippen molar-refractivity contribution in [2.24, 2.45) is 18.7 Å². The normalized spacial score (nSPS) is 23.5. The molecular formula is C49H51ClF2N6O7. The number of methoxy groups -OCH3 is 1. The number of aromatic nitrogens is 2. The number of nitrogens with zero attached hydrogens (tertiary/aromatic N) is 3. The van der Waals surface area contributed by atoms with E-state index in [0.717, 1.165) is 29.3 Å². The first-order valence-corrected chi connectivity index (χ1v) is 22.6. The molecule has 4 N–H and O–H groups in total. The van der Waals surface area contributed by atoms with Crippen LogP contribution in [0, 0.1) is 17.6 Å². The summed E-state index contributed by atoms with van der Waals surface area (Å²) < 4.78 is 52.3. The van der Waals surface area contributed by atoms with Crippen molar-refractivity contribution in [3.05, 3.63) is 106 Å². The van der Waals surface area contributed by atoms with Crippen molar-refractivity contribution < 1.29 is 42.2 Å². The molecule has 4 aliphatic rings. The molecule has 5 aromatic rings. The first-order valence-electron chi connectivity index (χ1n) is 22.2. The van der Waals surface area contributed by atoms with Gasteiger partial charge in [-0.1, -0.05) is 61.0 Å². The van der Waals surface area contributed by atoms with Crippen LogP contribution in [0.3, 0.4) is 0 Å². The predicted octanol–water partition coefficient (Wildman–Crippen LogP) is 7.41. The Hall–Kier alpha value is -6.06. The minimum atomic E-state index is -1.09. The lowest BCUT2D eigenvalue weighted by molar-refractivity contribution is -0.138. The Balaban J connectivity index is 0.854. The summed E-state index contributed by atoms with van der Waals surface area (Å²) in [7, 11) is 3.12. The van der Waals surface area contributed by atoms with E-state index in [4.69, 9.17) is 31.5 Å². The molecule has 1 saturated carbocycles. The minimum absolute atomic E-state index is 0.0156. The third kappa shape index (κ3) is 7.96. The maximum absolute atomic E-state index is 16.2. The number of hydrogen-bond donors (Lipinski definition) is 3. The van der Waals surface area contributed by atoms with Crippen LogP contribution in [0.4, 0.5) is 8.78 Å². The van der Waals surface area contributed by atoms with Crippen LogP contribution in [0.25, 0.3) is 22.0 Å². The summed E-state index contributed by atoms with van der Waals surface area (Å²) in [5.74, 6) is -3.57. The Morgan fingerprint density at radius 2 is 1.71 bits per heavy atom. The minimum Gasteiger partial charge on any atom is -0.494 e. The maximum atomic E-state index is 16.2. The molecule has 3 fully saturated rings. The number of imide groups is 1. The van der Waals surface area contributed by atoms with Gasteiger partial charge in [-0.3, -0.25) is 29.2 Å². The molecule has 3 unspecified atom stereocenters. The Morgan fingerprint density at radius 3 is 2.40 bits per heavy atom. The number of halogens is 3. The van der Waals surface area contributed by atoms with Gasteiger partial charge in [0.15, 0.2) is 17.2 Å². The number of amides is 4. The molecule has 13 nitrogen and oxygen atoms in total. The monoisotopic (exact) mass is 908 g/mol. The van der Waals surface area contributed by atoms with Crippen LogP contribution < -0.4 is 30.6 Å². The summed E-state index contributed by atoms with van der Waals surface area (Å²) in [6.45, 7) is 3.37. The number of rotatable bonds is 11. The first kappa shape index (κ1) is 44.2. The van der Waals surface area contributed by atoms with E-state index < -0.39 is 35.0 Å². The van der Waals surface area contributed by atoms with Crippen LogP contribution in [0.2, 0.25) is 5.02 Å². The number of likely N-dealkylation sites (tertiary alicyclic amines) is 1. The number of primary amides is 1. The lowest BCUT2D eigenvalue weighted by atomic mass is 9.77. The molecule has 9 rings (SSSR count). The van der Waals surface area contributed by atoms with Crippen LogP contribution in [-0.2, 0) is 27.0 Å². The third-order valence-corrected chi connectivity index (χ3v) is 14.3. The number of piperidine rings is 2. The molecule has 0 bridgehead atoms. The Labute approximate surface area is 379 Å². The quantitative estimate of drug-likeness (QED) is 0.114. The van der Waals surface area contributed by atoms with Gasteiger partial charge >= 0.3 is 0 Å². The van der Waals surface area contributed by atoms with Crippen molar-refractivity contribution in [3.8, 4) is 28.4 Å². The second kappa shape index (κ2) is 17.7. The van der Waals surface area contributed by atoms with Gasteiger partial charge in [0.2, 0.25) is 23.6 Å². The summed E-state index contributed by atoms with van der Waals surface area (Å²) in [6, 6.07) is 19.2. The molecule has 340 valence electrons. The van der Waals surface area contributed by atoms with Crippen LogP contribution in [-0.4, -0.2) is 77.2 Å². The van der Waals surface area contributed by atoms with Crippen LogP contribution in [0.15, 0.2) is 66.7 Å². The zero-order valence-electron chi connectivity index (χ0n) is 36.4. The van der Waals surface area contributed by atoms with E-state index in [2.05, 4.69) is 15.7 Å². The van der Waals surface area contributed by atoms with Gasteiger partial charge in [0.1, 0.15) is 28.9 Å². The number of carbonyl (C=O) groups excluding carboxylic acids is 4. The number of hydrogen-bond acceptors (Lipinski definition) is 9. The molecule has 4 aromatic carbocycles. The number of fused-ring (bicyclic) bond motifs is 2. The Bertz CT molecular complexity index is 2700. The van der Waals surface area contributed by atoms with Crippen molar-refractivity contribution >= 4 is 46.1 Å². The molecule has 1 aliphatic carbocycles. The number of para-hydroxylation sites is 1. The van der Waals surface area contributed by atoms with Gasteiger partial charge in [-0.25, -0.2) is 8.78 Å². The van der Waals surface area contributed by atoms with Gasteiger partial charge in [-0.2, -0.15) is 5.10 Å². The summed E-state index contributed by atoms with van der Waals surface area (Å²) in [5.41, 5.74) is 6.86. The molecule has 1 aromatic heterocycles. The topological polar surface area (TPSA) is 167 Å². The second-order valence-electron chi connectivity index (χ2n) is 17.6. The first-order chi connectivity index (χ1) is 31.3. The SMILES string of the molecule is COc1ccc(C(N)=O)c(-c2c(Cl)c(F)cc3c2C(C)C(CNC2CCC(C(=O)N4CCC(Oc5cccc6c(C7CCC(=O)NC7=O)nn(C)c56)CC4)CC2)(c2ccccc2)O3)c1F. The zero-order chi connectivity index (χ0) is 45.7. The van der Waals surface area contributed by atoms with Crippen molar-refractivity contribution in [2.75, 3.05) is 26.7 Å². The maximum Gasteiger partial charge on any atom is 0.249 e. The van der Waals surface area contributed by atoms with Crippen molar-refractivity contribution in [1.29, 1.82) is 0 Å². The van der Waals surface area contributed by atoms with Gasteiger partial charge in [0, 0.05) is 92.0 Å². The van der Waals surface area contributed by atoms with Gasteiger partial charge in [0.05, 0.1) is 29.3 Å². The van der Waals surface area contributed by atoms with Crippen molar-refractivity contribution in [3.63, 3.8) is 0 Å². The molecule has 0 radical (unpaired) electrons. The lowest BCUT2D eigenvalue weighted by Gasteiger charge is -2.38. The van der Waals surface area contributed by atoms with E-state index in [0.29, 0.717) is 68.7 Å². The number of carbonyl (C=O) groups is 4. The smallest absolute Gasteiger partial charge is 0.249 e. The van der Waals surface area contributed by atoms with Crippen molar-refractivity contribution in [2.45, 2.75) is 87.9 Å². The number of nitrogens with one attached hydrogen (secondary N) is 2. The van der Waals surface area contributed by atoms with Crippen LogP contribution in [0.5, 0.6) is 17.2 Å². The summed E-state index contributed by atoms with van der Waals surface area (Å²) >= 11 is 6.68. The van der Waals surface area contributed by atoms with E-state index in [9.17, 15) is 19.2 Å². The lowest BCUT2D eigenvalue weighted by Crippen LogP contribution is -2.49. The van der Waals surface area contributed by atoms with E-state index in [1.165, 1.54) is 25.3 Å². The predicted molar refractivity (Wildman–Crippen MR) is 239 cm³/mol. The number of nitrogens with two attached hydrogens (primary N) is 1. The second-order valence-corrected chi connectivity index (χ2v) is 18.0. The number of aryl methyl sites for hydroxylation is 1. The summed E-state index contributed by atoms with van der Waals surface area (Å²) in [6.07, 6.45) is 4.82. The standard InChI is InChI=1S/C49H51ClF2N6O7/c1-26-39-37(24-34(51)42(50)41(39)40-31(46(53)60)16-18-35(63-3)43(40)52)65-49(26,28-8-5-4-6-9-28)25-54-29-14-12-27(13-15-29)48(62)58-22-20-30(21-23-58)64-36-11-7-10-32-44(56-57(2)45(32)36)33-17-19-38(59)55-47(33)61/h4-11,16,18,24,26-27,29-30,33,54H,12-15,17,19-23,25H2,1-3H3,(H2,53,60)(H,55,59,61). The number of benzene rings is 4. The molecule has 2 saturated heterocycles.